The fourth-order valence-corrected chi connectivity index (χ4v) is 2.35. The number of unbranched alkanes of at least 4 members (excludes halogenated alkanes) is 3. The lowest BCUT2D eigenvalue weighted by Crippen LogP contribution is -2.10. The summed E-state index contributed by atoms with van der Waals surface area (Å²) < 4.78 is 15.3. The number of esters is 1. The van der Waals surface area contributed by atoms with Gasteiger partial charge < -0.3 is 24.1 Å². The Morgan fingerprint density at radius 2 is 2.00 bits per heavy atom. The van der Waals surface area contributed by atoms with Gasteiger partial charge in [-0.1, -0.05) is 26.2 Å². The third kappa shape index (κ3) is 4.73. The molecule has 1 aromatic carbocycles. The number of aliphatic hydroxyl groups is 1. The topological polar surface area (TPSA) is 106 Å². The molecule has 0 unspecified atom stereocenters. The molecule has 0 bridgehead atoms. The first kappa shape index (κ1) is 18.8. The van der Waals surface area contributed by atoms with Crippen molar-refractivity contribution in [1.29, 1.82) is 0 Å². The number of aromatic hydroxyl groups is 1. The van der Waals surface area contributed by atoms with Crippen LogP contribution in [0.15, 0.2) is 27.4 Å². The van der Waals surface area contributed by atoms with E-state index in [-0.39, 0.29) is 41.2 Å². The molecule has 2 aromatic rings. The lowest BCUT2D eigenvalue weighted by Gasteiger charge is -2.09. The average molecular weight is 350 g/mol. The summed E-state index contributed by atoms with van der Waals surface area (Å²) in [5.41, 5.74) is -0.463. The Morgan fingerprint density at radius 3 is 2.72 bits per heavy atom. The number of hydrogen-bond acceptors (Lipinski definition) is 7. The molecule has 0 aliphatic rings. The molecule has 1 aromatic heterocycles. The van der Waals surface area contributed by atoms with Crippen LogP contribution in [-0.4, -0.2) is 36.0 Å². The summed E-state index contributed by atoms with van der Waals surface area (Å²) in [7, 11) is 0. The van der Waals surface area contributed by atoms with Crippen LogP contribution in [0, 0.1) is 0 Å². The van der Waals surface area contributed by atoms with E-state index < -0.39 is 11.6 Å². The second kappa shape index (κ2) is 9.08. The fraction of sp³-hybridized carbons (Fsp3) is 0.444. The predicted molar refractivity (Wildman–Crippen MR) is 91.2 cm³/mol. The lowest BCUT2D eigenvalue weighted by atomic mass is 10.1. The Hall–Kier alpha value is -2.54. The standard InChI is InChI=1S/C18H22O7/c1-2-3-4-5-9-23-16-15(20)13-11-12(17(21)24-10-8-19)6-7-14(13)25-18(16)22/h6-7,11,19-20H,2-5,8-10H2,1H3. The number of fused-ring (bicyclic) bond motifs is 1. The molecule has 7 heteroatoms. The van der Waals surface area contributed by atoms with Gasteiger partial charge in [-0.15, -0.1) is 0 Å². The molecule has 0 saturated carbocycles. The molecule has 0 saturated heterocycles. The van der Waals surface area contributed by atoms with Crippen LogP contribution in [-0.2, 0) is 4.74 Å². The highest BCUT2D eigenvalue weighted by Crippen LogP contribution is 2.32. The van der Waals surface area contributed by atoms with Gasteiger partial charge in [0.1, 0.15) is 12.2 Å². The van der Waals surface area contributed by atoms with Crippen molar-refractivity contribution in [2.24, 2.45) is 0 Å². The number of rotatable bonds is 9. The second-order valence-electron chi connectivity index (χ2n) is 5.55. The Bertz CT molecular complexity index is 779. The lowest BCUT2D eigenvalue weighted by molar-refractivity contribution is 0.0434. The van der Waals surface area contributed by atoms with Crippen LogP contribution in [0.25, 0.3) is 11.0 Å². The zero-order chi connectivity index (χ0) is 18.2. The highest BCUT2D eigenvalue weighted by atomic mass is 16.5. The van der Waals surface area contributed by atoms with Crippen molar-refractivity contribution in [1.82, 2.24) is 0 Å². The number of aliphatic hydroxyl groups excluding tert-OH is 1. The molecule has 136 valence electrons. The van der Waals surface area contributed by atoms with Gasteiger partial charge in [-0.25, -0.2) is 9.59 Å². The summed E-state index contributed by atoms with van der Waals surface area (Å²) in [4.78, 5) is 23.8. The summed E-state index contributed by atoms with van der Waals surface area (Å²) in [6, 6.07) is 4.17. The quantitative estimate of drug-likeness (QED) is 0.407. The van der Waals surface area contributed by atoms with E-state index >= 15 is 0 Å². The van der Waals surface area contributed by atoms with Gasteiger partial charge in [0.25, 0.3) is 0 Å². The van der Waals surface area contributed by atoms with Crippen molar-refractivity contribution in [2.45, 2.75) is 32.6 Å². The Morgan fingerprint density at radius 1 is 1.20 bits per heavy atom. The minimum Gasteiger partial charge on any atom is -0.504 e. The van der Waals surface area contributed by atoms with Crippen molar-refractivity contribution in [2.75, 3.05) is 19.8 Å². The van der Waals surface area contributed by atoms with Crippen LogP contribution in [0.1, 0.15) is 43.0 Å². The van der Waals surface area contributed by atoms with Gasteiger partial charge in [0.05, 0.1) is 24.2 Å². The van der Waals surface area contributed by atoms with Crippen LogP contribution in [0.2, 0.25) is 0 Å². The van der Waals surface area contributed by atoms with Crippen LogP contribution < -0.4 is 10.4 Å². The molecule has 0 aliphatic heterocycles. The zero-order valence-corrected chi connectivity index (χ0v) is 14.1. The largest absolute Gasteiger partial charge is 0.504 e. The van der Waals surface area contributed by atoms with E-state index in [0.717, 1.165) is 25.7 Å². The van der Waals surface area contributed by atoms with Gasteiger partial charge >= 0.3 is 11.6 Å². The Balaban J connectivity index is 2.25. The van der Waals surface area contributed by atoms with E-state index in [9.17, 15) is 14.7 Å². The number of hydrogen-bond donors (Lipinski definition) is 2. The maximum Gasteiger partial charge on any atom is 0.383 e. The van der Waals surface area contributed by atoms with Crippen molar-refractivity contribution >= 4 is 16.9 Å². The van der Waals surface area contributed by atoms with Crippen LogP contribution in [0.4, 0.5) is 0 Å². The number of carbonyl (C=O) groups is 1. The number of ether oxygens (including phenoxy) is 2. The molecule has 1 heterocycles. The van der Waals surface area contributed by atoms with Gasteiger partial charge in [0.2, 0.25) is 5.75 Å². The third-order valence-corrected chi connectivity index (χ3v) is 3.64. The molecule has 0 spiro atoms. The third-order valence-electron chi connectivity index (χ3n) is 3.64. The number of carbonyl (C=O) groups excluding carboxylic acids is 1. The van der Waals surface area contributed by atoms with E-state index in [4.69, 9.17) is 19.0 Å². The maximum atomic E-state index is 12.0. The van der Waals surface area contributed by atoms with Crippen molar-refractivity contribution in [3.8, 4) is 11.5 Å². The summed E-state index contributed by atoms with van der Waals surface area (Å²) in [5, 5.41) is 19.2. The smallest absolute Gasteiger partial charge is 0.383 e. The van der Waals surface area contributed by atoms with E-state index in [1.54, 1.807) is 0 Å². The minimum atomic E-state index is -0.768. The average Bonchev–Trinajstić information content (AvgIpc) is 2.61. The first-order valence-electron chi connectivity index (χ1n) is 8.29. The molecule has 0 radical (unpaired) electrons. The molecule has 7 nitrogen and oxygen atoms in total. The van der Waals surface area contributed by atoms with Gasteiger partial charge in [0.15, 0.2) is 5.75 Å². The molecular weight excluding hydrogens is 328 g/mol. The molecule has 0 amide bonds. The first-order chi connectivity index (χ1) is 12.1. The highest BCUT2D eigenvalue weighted by Gasteiger charge is 2.17. The number of benzene rings is 1. The van der Waals surface area contributed by atoms with Gasteiger partial charge in [0, 0.05) is 0 Å². The van der Waals surface area contributed by atoms with Crippen LogP contribution in [0.3, 0.4) is 0 Å². The van der Waals surface area contributed by atoms with Crippen molar-refractivity contribution in [3.05, 3.63) is 34.2 Å². The molecule has 2 N–H and O–H groups in total. The van der Waals surface area contributed by atoms with E-state index in [1.165, 1.54) is 18.2 Å². The molecule has 0 fully saturated rings. The second-order valence-corrected chi connectivity index (χ2v) is 5.55. The monoisotopic (exact) mass is 350 g/mol. The Labute approximate surface area is 144 Å². The van der Waals surface area contributed by atoms with Gasteiger partial charge in [-0.05, 0) is 24.6 Å². The highest BCUT2D eigenvalue weighted by molar-refractivity contribution is 5.96. The zero-order valence-electron chi connectivity index (χ0n) is 14.1. The minimum absolute atomic E-state index is 0.126. The van der Waals surface area contributed by atoms with Crippen molar-refractivity contribution in [3.63, 3.8) is 0 Å². The first-order valence-corrected chi connectivity index (χ1v) is 8.29. The molecule has 2 rings (SSSR count). The summed E-state index contributed by atoms with van der Waals surface area (Å²) >= 11 is 0. The summed E-state index contributed by atoms with van der Waals surface area (Å²) in [6.45, 7) is 1.98. The van der Waals surface area contributed by atoms with Crippen LogP contribution >= 0.6 is 0 Å². The normalized spacial score (nSPS) is 10.8. The maximum absolute atomic E-state index is 12.0. The van der Waals surface area contributed by atoms with Gasteiger partial charge in [-0.3, -0.25) is 0 Å². The fourth-order valence-electron chi connectivity index (χ4n) is 2.35. The SMILES string of the molecule is CCCCCCOc1c(O)c2cc(C(=O)OCCO)ccc2oc1=O. The summed E-state index contributed by atoms with van der Waals surface area (Å²) in [6.07, 6.45) is 3.88. The summed E-state index contributed by atoms with van der Waals surface area (Å²) in [5.74, 6) is -1.27. The van der Waals surface area contributed by atoms with E-state index in [1.807, 2.05) is 0 Å². The molecular formula is C18H22O7. The molecule has 0 atom stereocenters. The Kier molecular flexibility index (Phi) is 6.82. The van der Waals surface area contributed by atoms with Crippen molar-refractivity contribution < 1.29 is 28.9 Å². The predicted octanol–water partition coefficient (Wildman–Crippen LogP) is 2.61. The molecule has 0 aliphatic carbocycles. The van der Waals surface area contributed by atoms with E-state index in [2.05, 4.69) is 6.92 Å². The molecule has 25 heavy (non-hydrogen) atoms. The van der Waals surface area contributed by atoms with Crippen LogP contribution in [0.5, 0.6) is 11.5 Å². The van der Waals surface area contributed by atoms with E-state index in [0.29, 0.717) is 6.61 Å². The van der Waals surface area contributed by atoms with Gasteiger partial charge in [-0.2, -0.15) is 0 Å².